The molecule has 0 spiro atoms. The molecule has 1 aliphatic rings. The van der Waals surface area contributed by atoms with E-state index in [4.69, 9.17) is 21.1 Å². The van der Waals surface area contributed by atoms with Crippen LogP contribution in [0.5, 0.6) is 5.75 Å². The van der Waals surface area contributed by atoms with Crippen LogP contribution in [0.15, 0.2) is 69.6 Å². The molecule has 0 fully saturated rings. The first-order valence-electron chi connectivity index (χ1n) is 9.43. The van der Waals surface area contributed by atoms with E-state index in [1.165, 1.54) is 18.4 Å². The third kappa shape index (κ3) is 3.94. The van der Waals surface area contributed by atoms with Crippen LogP contribution in [0.3, 0.4) is 0 Å². The summed E-state index contributed by atoms with van der Waals surface area (Å²) in [5.74, 6) is 0.156. The number of fused-ring (bicyclic) bond motifs is 1. The van der Waals surface area contributed by atoms with Gasteiger partial charge in [0, 0.05) is 5.02 Å². The van der Waals surface area contributed by atoms with Crippen LogP contribution in [0.2, 0.25) is 5.02 Å². The van der Waals surface area contributed by atoms with Crippen LogP contribution < -0.4 is 19.6 Å². The van der Waals surface area contributed by atoms with Gasteiger partial charge in [-0.1, -0.05) is 47.2 Å². The lowest BCUT2D eigenvalue weighted by Gasteiger charge is -2.24. The predicted octanol–water partition coefficient (Wildman–Crippen LogP) is 3.07. The van der Waals surface area contributed by atoms with E-state index in [9.17, 15) is 9.59 Å². The van der Waals surface area contributed by atoms with Crippen LogP contribution in [0.4, 0.5) is 0 Å². The molecule has 0 unspecified atom stereocenters. The lowest BCUT2D eigenvalue weighted by Crippen LogP contribution is -2.39. The number of carbonyl (C=O) groups excluding carboxylic acids is 1. The Kier molecular flexibility index (Phi) is 5.80. The van der Waals surface area contributed by atoms with Gasteiger partial charge in [-0.2, -0.15) is 0 Å². The minimum Gasteiger partial charge on any atom is -0.497 e. The van der Waals surface area contributed by atoms with E-state index in [1.54, 1.807) is 48.9 Å². The molecule has 31 heavy (non-hydrogen) atoms. The van der Waals surface area contributed by atoms with Gasteiger partial charge in [0.05, 0.1) is 36.1 Å². The summed E-state index contributed by atoms with van der Waals surface area (Å²) in [5.41, 5.74) is 2.17. The molecule has 1 atom stereocenters. The summed E-state index contributed by atoms with van der Waals surface area (Å²) in [7, 11) is 2.90. The van der Waals surface area contributed by atoms with Gasteiger partial charge in [-0.05, 0) is 48.4 Å². The van der Waals surface area contributed by atoms with Crippen LogP contribution in [0, 0.1) is 0 Å². The molecule has 0 saturated carbocycles. The van der Waals surface area contributed by atoms with Crippen molar-refractivity contribution in [3.8, 4) is 5.75 Å². The number of halogens is 1. The zero-order chi connectivity index (χ0) is 22.1. The van der Waals surface area contributed by atoms with Crippen molar-refractivity contribution in [2.24, 2.45) is 4.99 Å². The maximum Gasteiger partial charge on any atom is 0.338 e. The van der Waals surface area contributed by atoms with E-state index in [0.717, 1.165) is 11.1 Å². The number of thiazole rings is 1. The molecule has 1 aromatic heterocycles. The molecular formula is C23H19ClN2O4S. The average Bonchev–Trinajstić information content (AvgIpc) is 3.07. The lowest BCUT2D eigenvalue weighted by atomic mass is 9.96. The topological polar surface area (TPSA) is 69.9 Å². The van der Waals surface area contributed by atoms with E-state index in [1.807, 2.05) is 24.3 Å². The Hall–Kier alpha value is -3.16. The highest BCUT2D eigenvalue weighted by Gasteiger charge is 2.33. The number of rotatable bonds is 4. The second-order valence-corrected chi connectivity index (χ2v) is 8.35. The number of ether oxygens (including phenoxy) is 2. The molecule has 0 radical (unpaired) electrons. The number of methoxy groups -OCH3 is 2. The summed E-state index contributed by atoms with van der Waals surface area (Å²) in [5, 5.41) is 0.585. The van der Waals surface area contributed by atoms with E-state index in [2.05, 4.69) is 4.99 Å². The summed E-state index contributed by atoms with van der Waals surface area (Å²) in [6.45, 7) is 1.75. The van der Waals surface area contributed by atoms with E-state index in [-0.39, 0.29) is 5.56 Å². The fourth-order valence-electron chi connectivity index (χ4n) is 3.54. The van der Waals surface area contributed by atoms with E-state index < -0.39 is 12.0 Å². The van der Waals surface area contributed by atoms with Crippen molar-refractivity contribution in [2.75, 3.05) is 14.2 Å². The molecule has 6 nitrogen and oxygen atoms in total. The Labute approximate surface area is 187 Å². The Morgan fingerprint density at radius 2 is 1.94 bits per heavy atom. The third-order valence-corrected chi connectivity index (χ3v) is 6.22. The fourth-order valence-corrected chi connectivity index (χ4v) is 4.79. The molecule has 1 aliphatic heterocycles. The molecule has 4 rings (SSSR count). The number of hydrogen-bond acceptors (Lipinski definition) is 6. The minimum atomic E-state index is -0.656. The van der Waals surface area contributed by atoms with Crippen LogP contribution in [0.1, 0.15) is 24.1 Å². The van der Waals surface area contributed by atoms with Crippen LogP contribution in [0.25, 0.3) is 6.08 Å². The van der Waals surface area contributed by atoms with Gasteiger partial charge < -0.3 is 9.47 Å². The average molecular weight is 455 g/mol. The van der Waals surface area contributed by atoms with Gasteiger partial charge in [0.25, 0.3) is 5.56 Å². The Morgan fingerprint density at radius 3 is 2.58 bits per heavy atom. The molecule has 0 amide bonds. The lowest BCUT2D eigenvalue weighted by molar-refractivity contribution is -0.136. The number of esters is 1. The van der Waals surface area contributed by atoms with Gasteiger partial charge in [0.2, 0.25) is 0 Å². The highest BCUT2D eigenvalue weighted by atomic mass is 35.5. The third-order valence-electron chi connectivity index (χ3n) is 5.00. The summed E-state index contributed by atoms with van der Waals surface area (Å²) < 4.78 is 12.3. The van der Waals surface area contributed by atoms with E-state index in [0.29, 0.717) is 31.4 Å². The molecule has 0 N–H and O–H groups in total. The van der Waals surface area contributed by atoms with Crippen LogP contribution >= 0.6 is 22.9 Å². The maximum atomic E-state index is 13.4. The number of carbonyl (C=O) groups is 1. The quantitative estimate of drug-likeness (QED) is 0.568. The molecule has 158 valence electrons. The first-order valence-corrected chi connectivity index (χ1v) is 10.6. The first-order chi connectivity index (χ1) is 14.9. The first kappa shape index (κ1) is 21.1. The zero-order valence-electron chi connectivity index (χ0n) is 17.1. The SMILES string of the molecule is COC(=O)C1=C(C)N=c2s/c(=C\c3cccc(Cl)c3)c(=O)n2[C@H]1c1ccc(OC)cc1. The summed E-state index contributed by atoms with van der Waals surface area (Å²) in [6.07, 6.45) is 1.78. The van der Waals surface area contributed by atoms with Crippen molar-refractivity contribution >= 4 is 35.0 Å². The van der Waals surface area contributed by atoms with Gasteiger partial charge in [0.15, 0.2) is 4.80 Å². The van der Waals surface area contributed by atoms with E-state index >= 15 is 0 Å². The number of hydrogen-bond donors (Lipinski definition) is 0. The maximum absolute atomic E-state index is 13.4. The van der Waals surface area contributed by atoms with Gasteiger partial charge in [-0.15, -0.1) is 0 Å². The molecule has 2 heterocycles. The molecule has 0 saturated heterocycles. The van der Waals surface area contributed by atoms with Crippen molar-refractivity contribution in [1.82, 2.24) is 4.57 Å². The van der Waals surface area contributed by atoms with Crippen LogP contribution in [-0.2, 0) is 9.53 Å². The largest absolute Gasteiger partial charge is 0.497 e. The van der Waals surface area contributed by atoms with Crippen molar-refractivity contribution in [1.29, 1.82) is 0 Å². The van der Waals surface area contributed by atoms with Gasteiger partial charge in [0.1, 0.15) is 5.75 Å². The molecule has 8 heteroatoms. The molecule has 0 bridgehead atoms. The predicted molar refractivity (Wildman–Crippen MR) is 120 cm³/mol. The molecule has 2 aromatic carbocycles. The van der Waals surface area contributed by atoms with Crippen molar-refractivity contribution in [3.05, 3.63) is 95.6 Å². The van der Waals surface area contributed by atoms with Crippen molar-refractivity contribution in [2.45, 2.75) is 13.0 Å². The molecule has 3 aromatic rings. The van der Waals surface area contributed by atoms with Gasteiger partial charge in [-0.25, -0.2) is 9.79 Å². The van der Waals surface area contributed by atoms with Gasteiger partial charge >= 0.3 is 5.97 Å². The fraction of sp³-hybridized carbons (Fsp3) is 0.174. The minimum absolute atomic E-state index is 0.238. The van der Waals surface area contributed by atoms with Gasteiger partial charge in [-0.3, -0.25) is 9.36 Å². The zero-order valence-corrected chi connectivity index (χ0v) is 18.7. The molecule has 0 aliphatic carbocycles. The highest BCUT2D eigenvalue weighted by Crippen LogP contribution is 2.31. The second-order valence-electron chi connectivity index (χ2n) is 6.90. The van der Waals surface area contributed by atoms with Crippen LogP contribution in [-0.4, -0.2) is 24.8 Å². The Morgan fingerprint density at radius 1 is 1.19 bits per heavy atom. The Balaban J connectivity index is 1.96. The smallest absolute Gasteiger partial charge is 0.338 e. The number of benzene rings is 2. The Bertz CT molecular complexity index is 1370. The summed E-state index contributed by atoms with van der Waals surface area (Å²) in [6, 6.07) is 13.8. The summed E-state index contributed by atoms with van der Waals surface area (Å²) >= 11 is 7.35. The number of nitrogens with zero attached hydrogens (tertiary/aromatic N) is 2. The number of aromatic nitrogens is 1. The number of allylic oxidation sites excluding steroid dienone is 1. The van der Waals surface area contributed by atoms with Crippen molar-refractivity contribution < 1.29 is 14.3 Å². The monoisotopic (exact) mass is 454 g/mol. The summed E-state index contributed by atoms with van der Waals surface area (Å²) in [4.78, 5) is 31.1. The standard InChI is InChI=1S/C23H19ClN2O4S/c1-13-19(22(28)30-3)20(15-7-9-17(29-2)10-8-15)26-21(27)18(31-23(26)25-13)12-14-5-4-6-16(24)11-14/h4-12,20H,1-3H3/b18-12-/t20-/m0/s1. The second kappa shape index (κ2) is 8.53. The highest BCUT2D eigenvalue weighted by molar-refractivity contribution is 7.07. The molecular weight excluding hydrogens is 436 g/mol. The normalized spacial score (nSPS) is 16.0. The van der Waals surface area contributed by atoms with Crippen molar-refractivity contribution in [3.63, 3.8) is 0 Å².